The minimum Gasteiger partial charge on any atom is -0.423 e. The SMILES string of the molecule is C=CC(=O)Oc1ccc(OC(=O)C=Cc2ccccc2)cc1C. The molecule has 2 aromatic rings. The van der Waals surface area contributed by atoms with Crippen molar-refractivity contribution >= 4 is 18.0 Å². The number of carbonyl (C=O) groups excluding carboxylic acids is 2. The van der Waals surface area contributed by atoms with Crippen molar-refractivity contribution < 1.29 is 19.1 Å². The number of rotatable bonds is 5. The smallest absolute Gasteiger partial charge is 0.336 e. The number of hydrogen-bond acceptors (Lipinski definition) is 4. The number of benzene rings is 2. The molecule has 0 aliphatic heterocycles. The lowest BCUT2D eigenvalue weighted by atomic mass is 10.2. The van der Waals surface area contributed by atoms with E-state index in [2.05, 4.69) is 6.58 Å². The molecule has 0 aliphatic rings. The lowest BCUT2D eigenvalue weighted by Gasteiger charge is -2.07. The van der Waals surface area contributed by atoms with Gasteiger partial charge in [0, 0.05) is 12.2 Å². The van der Waals surface area contributed by atoms with E-state index in [9.17, 15) is 9.59 Å². The van der Waals surface area contributed by atoms with E-state index in [1.54, 1.807) is 31.2 Å². The number of esters is 2. The van der Waals surface area contributed by atoms with Gasteiger partial charge >= 0.3 is 11.9 Å². The Balaban J connectivity index is 2.01. The lowest BCUT2D eigenvalue weighted by molar-refractivity contribution is -0.130. The van der Waals surface area contributed by atoms with Crippen molar-refractivity contribution in [2.75, 3.05) is 0 Å². The van der Waals surface area contributed by atoms with Gasteiger partial charge in [-0.1, -0.05) is 36.9 Å². The minimum absolute atomic E-state index is 0.378. The molecule has 0 heterocycles. The predicted octanol–water partition coefficient (Wildman–Crippen LogP) is 3.71. The fraction of sp³-hybridized carbons (Fsp3) is 0.0526. The molecular weight excluding hydrogens is 292 g/mol. The highest BCUT2D eigenvalue weighted by Gasteiger charge is 2.07. The monoisotopic (exact) mass is 308 g/mol. The number of aryl methyl sites for hydroxylation is 1. The molecule has 0 aliphatic carbocycles. The van der Waals surface area contributed by atoms with Crippen molar-refractivity contribution in [3.05, 3.63) is 78.4 Å². The molecule has 2 rings (SSSR count). The van der Waals surface area contributed by atoms with Crippen molar-refractivity contribution in [3.63, 3.8) is 0 Å². The Morgan fingerprint density at radius 2 is 1.74 bits per heavy atom. The molecule has 116 valence electrons. The van der Waals surface area contributed by atoms with Crippen LogP contribution < -0.4 is 9.47 Å². The number of carbonyl (C=O) groups is 2. The second-order valence-corrected chi connectivity index (χ2v) is 4.72. The number of ether oxygens (including phenoxy) is 2. The molecule has 0 unspecified atom stereocenters. The largest absolute Gasteiger partial charge is 0.423 e. The van der Waals surface area contributed by atoms with E-state index in [4.69, 9.17) is 9.47 Å². The van der Waals surface area contributed by atoms with Gasteiger partial charge in [0.1, 0.15) is 11.5 Å². The van der Waals surface area contributed by atoms with E-state index in [1.165, 1.54) is 6.08 Å². The molecule has 0 N–H and O–H groups in total. The summed E-state index contributed by atoms with van der Waals surface area (Å²) in [5.41, 5.74) is 1.59. The van der Waals surface area contributed by atoms with Gasteiger partial charge in [0.25, 0.3) is 0 Å². The molecule has 0 bridgehead atoms. The first-order valence-corrected chi connectivity index (χ1v) is 6.98. The van der Waals surface area contributed by atoms with Crippen LogP contribution in [0.4, 0.5) is 0 Å². The number of hydrogen-bond donors (Lipinski definition) is 0. The maximum atomic E-state index is 11.8. The highest BCUT2D eigenvalue weighted by molar-refractivity contribution is 5.88. The van der Waals surface area contributed by atoms with E-state index in [0.717, 1.165) is 11.6 Å². The quantitative estimate of drug-likeness (QED) is 0.480. The molecule has 0 atom stereocenters. The van der Waals surface area contributed by atoms with E-state index in [0.29, 0.717) is 17.1 Å². The summed E-state index contributed by atoms with van der Waals surface area (Å²) < 4.78 is 10.3. The van der Waals surface area contributed by atoms with Crippen molar-refractivity contribution in [3.8, 4) is 11.5 Å². The first-order valence-electron chi connectivity index (χ1n) is 6.98. The molecule has 0 saturated heterocycles. The van der Waals surface area contributed by atoms with Gasteiger partial charge in [-0.25, -0.2) is 9.59 Å². The van der Waals surface area contributed by atoms with E-state index in [-0.39, 0.29) is 0 Å². The summed E-state index contributed by atoms with van der Waals surface area (Å²) in [5, 5.41) is 0. The van der Waals surface area contributed by atoms with Crippen LogP contribution >= 0.6 is 0 Å². The van der Waals surface area contributed by atoms with Gasteiger partial charge in [-0.2, -0.15) is 0 Å². The summed E-state index contributed by atoms with van der Waals surface area (Å²) in [5.74, 6) is -0.245. The van der Waals surface area contributed by atoms with Crippen LogP contribution in [0.25, 0.3) is 6.08 Å². The molecule has 0 fully saturated rings. The molecule has 4 nitrogen and oxygen atoms in total. The Hall–Kier alpha value is -3.14. The molecular formula is C19H16O4. The fourth-order valence-corrected chi connectivity index (χ4v) is 1.83. The zero-order chi connectivity index (χ0) is 16.7. The zero-order valence-electron chi connectivity index (χ0n) is 12.7. The summed E-state index contributed by atoms with van der Waals surface area (Å²) in [7, 11) is 0. The summed E-state index contributed by atoms with van der Waals surface area (Å²) >= 11 is 0. The van der Waals surface area contributed by atoms with Crippen LogP contribution in [0.15, 0.2) is 67.3 Å². The van der Waals surface area contributed by atoms with Crippen LogP contribution in [-0.2, 0) is 9.59 Å². The van der Waals surface area contributed by atoms with E-state index < -0.39 is 11.9 Å². The molecule has 4 heteroatoms. The van der Waals surface area contributed by atoms with Crippen LogP contribution in [0.1, 0.15) is 11.1 Å². The summed E-state index contributed by atoms with van der Waals surface area (Å²) in [6, 6.07) is 14.2. The first-order chi connectivity index (χ1) is 11.1. The van der Waals surface area contributed by atoms with Crippen LogP contribution in [0.2, 0.25) is 0 Å². The third-order valence-corrected chi connectivity index (χ3v) is 2.95. The maximum absolute atomic E-state index is 11.8. The van der Waals surface area contributed by atoms with Gasteiger partial charge < -0.3 is 9.47 Å². The van der Waals surface area contributed by atoms with Gasteiger partial charge in [0.15, 0.2) is 0 Å². The van der Waals surface area contributed by atoms with Crippen LogP contribution in [0.5, 0.6) is 11.5 Å². The molecule has 0 amide bonds. The Morgan fingerprint density at radius 1 is 1.00 bits per heavy atom. The molecule has 0 saturated carbocycles. The van der Waals surface area contributed by atoms with Gasteiger partial charge in [0.05, 0.1) is 0 Å². The van der Waals surface area contributed by atoms with Crippen molar-refractivity contribution in [2.45, 2.75) is 6.92 Å². The van der Waals surface area contributed by atoms with Crippen molar-refractivity contribution in [2.24, 2.45) is 0 Å². The van der Waals surface area contributed by atoms with Crippen molar-refractivity contribution in [1.82, 2.24) is 0 Å². The molecule has 0 aromatic heterocycles. The van der Waals surface area contributed by atoms with Gasteiger partial charge in [-0.3, -0.25) is 0 Å². The summed E-state index contributed by atoms with van der Waals surface area (Å²) in [6.45, 7) is 5.09. The molecule has 0 spiro atoms. The summed E-state index contributed by atoms with van der Waals surface area (Å²) in [4.78, 5) is 23.0. The second-order valence-electron chi connectivity index (χ2n) is 4.72. The van der Waals surface area contributed by atoms with Crippen LogP contribution in [0, 0.1) is 6.92 Å². The van der Waals surface area contributed by atoms with Gasteiger partial charge in [-0.05, 0) is 42.3 Å². The molecule has 0 radical (unpaired) electrons. The second kappa shape index (κ2) is 7.75. The lowest BCUT2D eigenvalue weighted by Crippen LogP contribution is -2.06. The van der Waals surface area contributed by atoms with Crippen molar-refractivity contribution in [1.29, 1.82) is 0 Å². The maximum Gasteiger partial charge on any atom is 0.336 e. The van der Waals surface area contributed by atoms with E-state index in [1.807, 2.05) is 30.3 Å². The first kappa shape index (κ1) is 16.2. The zero-order valence-corrected chi connectivity index (χ0v) is 12.7. The highest BCUT2D eigenvalue weighted by Crippen LogP contribution is 2.23. The normalized spacial score (nSPS) is 10.3. The van der Waals surface area contributed by atoms with E-state index >= 15 is 0 Å². The minimum atomic E-state index is -0.538. The topological polar surface area (TPSA) is 52.6 Å². The Bertz CT molecular complexity index is 745. The standard InChI is InChI=1S/C19H16O4/c1-3-18(20)23-17-11-10-16(13-14(17)2)22-19(21)12-9-15-7-5-4-6-8-15/h3-13H,1H2,2H3. The Kier molecular flexibility index (Phi) is 5.47. The third kappa shape index (κ3) is 4.97. The average Bonchev–Trinajstić information content (AvgIpc) is 2.56. The summed E-state index contributed by atoms with van der Waals surface area (Å²) in [6.07, 6.45) is 4.12. The van der Waals surface area contributed by atoms with Crippen LogP contribution in [-0.4, -0.2) is 11.9 Å². The highest BCUT2D eigenvalue weighted by atomic mass is 16.5. The third-order valence-electron chi connectivity index (χ3n) is 2.95. The predicted molar refractivity (Wildman–Crippen MR) is 88.1 cm³/mol. The van der Waals surface area contributed by atoms with Gasteiger partial charge in [-0.15, -0.1) is 0 Å². The van der Waals surface area contributed by atoms with Crippen LogP contribution in [0.3, 0.4) is 0 Å². The van der Waals surface area contributed by atoms with Gasteiger partial charge in [0.2, 0.25) is 0 Å². The molecule has 23 heavy (non-hydrogen) atoms. The fourth-order valence-electron chi connectivity index (χ4n) is 1.83. The average molecular weight is 308 g/mol. The Labute approximate surface area is 134 Å². The Morgan fingerprint density at radius 3 is 2.39 bits per heavy atom. The molecule has 2 aromatic carbocycles.